The fraction of sp³-hybridized carbons (Fsp3) is 0.188. The van der Waals surface area contributed by atoms with E-state index in [9.17, 15) is 14.0 Å². The molecule has 0 bridgehead atoms. The molecule has 1 unspecified atom stereocenters. The van der Waals surface area contributed by atoms with Gasteiger partial charge in [0.25, 0.3) is 5.91 Å². The molecule has 0 aliphatic carbocycles. The Balaban J connectivity index is 1.88. The first kappa shape index (κ1) is 14.2. The third-order valence-electron chi connectivity index (χ3n) is 3.68. The molecule has 2 heterocycles. The van der Waals surface area contributed by atoms with Crippen LogP contribution >= 0.6 is 0 Å². The summed E-state index contributed by atoms with van der Waals surface area (Å²) in [5.74, 6) is -1.42. The molecule has 1 aliphatic rings. The summed E-state index contributed by atoms with van der Waals surface area (Å²) >= 11 is 0. The van der Waals surface area contributed by atoms with Crippen LogP contribution in [0.5, 0.6) is 0 Å². The van der Waals surface area contributed by atoms with Crippen LogP contribution in [-0.2, 0) is 4.79 Å². The van der Waals surface area contributed by atoms with Crippen LogP contribution in [0.25, 0.3) is 0 Å². The van der Waals surface area contributed by atoms with E-state index in [1.165, 1.54) is 23.2 Å². The van der Waals surface area contributed by atoms with Gasteiger partial charge < -0.3 is 10.2 Å². The molecule has 2 amide bonds. The Morgan fingerprint density at radius 2 is 2.09 bits per heavy atom. The molecule has 0 fully saturated rings. The van der Waals surface area contributed by atoms with Gasteiger partial charge in [0.15, 0.2) is 0 Å². The van der Waals surface area contributed by atoms with E-state index < -0.39 is 11.9 Å². The highest BCUT2D eigenvalue weighted by Gasteiger charge is 2.33. The number of carbonyl (C=O) groups is 2. The lowest BCUT2D eigenvalue weighted by Crippen LogP contribution is -2.41. The van der Waals surface area contributed by atoms with E-state index in [1.54, 1.807) is 31.3 Å². The Bertz CT molecular complexity index is 730. The molecule has 1 atom stereocenters. The second kappa shape index (κ2) is 5.55. The van der Waals surface area contributed by atoms with Gasteiger partial charge in [-0.1, -0.05) is 18.2 Å². The zero-order valence-corrected chi connectivity index (χ0v) is 11.9. The Morgan fingerprint density at radius 1 is 1.32 bits per heavy atom. The average molecular weight is 299 g/mol. The van der Waals surface area contributed by atoms with E-state index >= 15 is 0 Å². The Hall–Kier alpha value is -2.76. The zero-order valence-electron chi connectivity index (χ0n) is 11.9. The van der Waals surface area contributed by atoms with Crippen molar-refractivity contribution in [3.8, 4) is 0 Å². The number of nitrogens with zero attached hydrogens (tertiary/aromatic N) is 2. The maximum atomic E-state index is 12.8. The van der Waals surface area contributed by atoms with Crippen molar-refractivity contribution < 1.29 is 14.0 Å². The van der Waals surface area contributed by atoms with Gasteiger partial charge in [0.1, 0.15) is 0 Å². The Morgan fingerprint density at radius 3 is 2.82 bits per heavy atom. The first-order valence-electron chi connectivity index (χ1n) is 6.83. The van der Waals surface area contributed by atoms with Gasteiger partial charge in [-0.25, -0.2) is 4.98 Å². The predicted molar refractivity (Wildman–Crippen MR) is 79.0 cm³/mol. The van der Waals surface area contributed by atoms with Crippen molar-refractivity contribution in [1.82, 2.24) is 9.88 Å². The number of amides is 2. The number of rotatable bonds is 2. The van der Waals surface area contributed by atoms with Gasteiger partial charge in [-0.2, -0.15) is 4.39 Å². The van der Waals surface area contributed by atoms with E-state index in [1.807, 2.05) is 0 Å². The summed E-state index contributed by atoms with van der Waals surface area (Å²) in [5, 5.41) is 2.71. The number of aromatic nitrogens is 1. The van der Waals surface area contributed by atoms with Gasteiger partial charge in [-0.3, -0.25) is 9.59 Å². The molecule has 1 aromatic carbocycles. The number of likely N-dealkylation sites (N-methyl/N-ethyl adjacent to an activating group) is 1. The molecule has 6 heteroatoms. The van der Waals surface area contributed by atoms with Gasteiger partial charge in [0, 0.05) is 19.2 Å². The van der Waals surface area contributed by atoms with Crippen LogP contribution < -0.4 is 5.32 Å². The van der Waals surface area contributed by atoms with Crippen molar-refractivity contribution in [3.05, 3.63) is 59.7 Å². The smallest absolute Gasteiger partial charge is 0.253 e. The van der Waals surface area contributed by atoms with Crippen LogP contribution in [-0.4, -0.2) is 35.3 Å². The molecule has 112 valence electrons. The molecular weight excluding hydrogens is 285 g/mol. The molecule has 22 heavy (non-hydrogen) atoms. The molecule has 1 aromatic heterocycles. The van der Waals surface area contributed by atoms with Gasteiger partial charge in [0.05, 0.1) is 17.8 Å². The second-order valence-electron chi connectivity index (χ2n) is 5.18. The number of carbonyl (C=O) groups excluding carboxylic acids is 2. The molecular formula is C16H14FN3O2. The van der Waals surface area contributed by atoms with Crippen molar-refractivity contribution in [2.75, 3.05) is 18.9 Å². The van der Waals surface area contributed by atoms with E-state index in [0.29, 0.717) is 23.4 Å². The number of hydrogen-bond acceptors (Lipinski definition) is 3. The predicted octanol–water partition coefficient (Wildman–Crippen LogP) is 2.03. The normalized spacial score (nSPS) is 17.1. The lowest BCUT2D eigenvalue weighted by atomic mass is 9.89. The lowest BCUT2D eigenvalue weighted by molar-refractivity contribution is -0.117. The molecule has 5 nitrogen and oxygen atoms in total. The van der Waals surface area contributed by atoms with Crippen LogP contribution in [0.2, 0.25) is 0 Å². The van der Waals surface area contributed by atoms with E-state index in [2.05, 4.69) is 10.3 Å². The number of nitrogens with one attached hydrogen (secondary N) is 1. The van der Waals surface area contributed by atoms with Crippen molar-refractivity contribution >= 4 is 17.5 Å². The number of hydrogen-bond donors (Lipinski definition) is 1. The summed E-state index contributed by atoms with van der Waals surface area (Å²) in [6, 6.07) is 9.70. The average Bonchev–Trinajstić information content (AvgIpc) is 2.53. The first-order valence-corrected chi connectivity index (χ1v) is 6.83. The van der Waals surface area contributed by atoms with E-state index in [4.69, 9.17) is 0 Å². The van der Waals surface area contributed by atoms with Gasteiger partial charge in [0.2, 0.25) is 11.9 Å². The fourth-order valence-electron chi connectivity index (χ4n) is 2.56. The van der Waals surface area contributed by atoms with Crippen LogP contribution in [0.3, 0.4) is 0 Å². The van der Waals surface area contributed by atoms with Gasteiger partial charge in [-0.15, -0.1) is 0 Å². The molecule has 1 N–H and O–H groups in total. The maximum absolute atomic E-state index is 12.8. The molecule has 0 spiro atoms. The minimum absolute atomic E-state index is 0.0944. The maximum Gasteiger partial charge on any atom is 0.253 e. The minimum atomic E-state index is -0.605. The molecule has 0 saturated heterocycles. The second-order valence-corrected chi connectivity index (χ2v) is 5.18. The third-order valence-corrected chi connectivity index (χ3v) is 3.68. The molecule has 1 aliphatic heterocycles. The number of halogens is 1. The van der Waals surface area contributed by atoms with Crippen molar-refractivity contribution in [3.63, 3.8) is 0 Å². The molecule has 0 saturated carbocycles. The van der Waals surface area contributed by atoms with Gasteiger partial charge in [-0.05, 0) is 23.8 Å². The van der Waals surface area contributed by atoms with E-state index in [-0.39, 0.29) is 11.8 Å². The summed E-state index contributed by atoms with van der Waals surface area (Å²) in [4.78, 5) is 29.6. The monoisotopic (exact) mass is 299 g/mol. The largest absolute Gasteiger partial charge is 0.341 e. The highest BCUT2D eigenvalue weighted by Crippen LogP contribution is 2.28. The Labute approximate surface area is 126 Å². The molecule has 0 radical (unpaired) electrons. The summed E-state index contributed by atoms with van der Waals surface area (Å²) in [5.41, 5.74) is 1.66. The highest BCUT2D eigenvalue weighted by atomic mass is 19.1. The van der Waals surface area contributed by atoms with E-state index in [0.717, 1.165) is 0 Å². The number of pyridine rings is 1. The van der Waals surface area contributed by atoms with Crippen LogP contribution in [0.4, 0.5) is 10.1 Å². The summed E-state index contributed by atoms with van der Waals surface area (Å²) in [6.45, 7) is 0.302. The van der Waals surface area contributed by atoms with Crippen molar-refractivity contribution in [2.24, 2.45) is 0 Å². The summed E-state index contributed by atoms with van der Waals surface area (Å²) < 4.78 is 12.8. The topological polar surface area (TPSA) is 62.3 Å². The Kier molecular flexibility index (Phi) is 3.58. The number of benzene rings is 1. The minimum Gasteiger partial charge on any atom is -0.341 e. The third kappa shape index (κ3) is 2.55. The lowest BCUT2D eigenvalue weighted by Gasteiger charge is -2.31. The molecule has 3 rings (SSSR count). The number of anilines is 1. The van der Waals surface area contributed by atoms with Crippen LogP contribution in [0.15, 0.2) is 42.6 Å². The zero-order chi connectivity index (χ0) is 15.7. The SMILES string of the molecule is CN1CC(C(=O)Nc2ccc(F)nc2)c2ccccc2C1=O. The van der Waals surface area contributed by atoms with Crippen LogP contribution in [0.1, 0.15) is 21.8 Å². The van der Waals surface area contributed by atoms with Crippen LogP contribution in [0, 0.1) is 5.95 Å². The molecule has 2 aromatic rings. The fourth-order valence-corrected chi connectivity index (χ4v) is 2.56. The standard InChI is InChI=1S/C16H14FN3O2/c1-20-9-13(11-4-2-3-5-12(11)16(20)22)15(21)19-10-6-7-14(17)18-8-10/h2-8,13H,9H2,1H3,(H,19,21). The number of fused-ring (bicyclic) bond motifs is 1. The highest BCUT2D eigenvalue weighted by molar-refractivity contribution is 6.03. The summed E-state index contributed by atoms with van der Waals surface area (Å²) in [6.07, 6.45) is 1.26. The first-order chi connectivity index (χ1) is 10.6. The quantitative estimate of drug-likeness (QED) is 0.863. The van der Waals surface area contributed by atoms with Crippen molar-refractivity contribution in [2.45, 2.75) is 5.92 Å². The van der Waals surface area contributed by atoms with Crippen molar-refractivity contribution in [1.29, 1.82) is 0 Å². The summed E-state index contributed by atoms with van der Waals surface area (Å²) in [7, 11) is 1.66. The van der Waals surface area contributed by atoms with Gasteiger partial charge >= 0.3 is 0 Å².